The molecule has 3 aromatic carbocycles. The lowest BCUT2D eigenvalue weighted by atomic mass is 10.2. The fourth-order valence-corrected chi connectivity index (χ4v) is 3.80. The van der Waals surface area contributed by atoms with Crippen LogP contribution in [0, 0.1) is 10.1 Å². The monoisotopic (exact) mass is 502 g/mol. The van der Waals surface area contributed by atoms with E-state index in [2.05, 4.69) is 36.1 Å². The molecule has 0 aliphatic heterocycles. The fraction of sp³-hybridized carbons (Fsp3) is 0.0833. The molecule has 0 fully saturated rings. The molecule has 0 aliphatic carbocycles. The summed E-state index contributed by atoms with van der Waals surface area (Å²) in [7, 11) is 0. The number of hydrogen-bond donors (Lipinski definition) is 4. The van der Waals surface area contributed by atoms with Gasteiger partial charge in [0, 0.05) is 28.8 Å². The number of nitrogens with zero attached hydrogens (tertiary/aromatic N) is 5. The molecule has 4 aromatic rings. The second kappa shape index (κ2) is 12.2. The van der Waals surface area contributed by atoms with Gasteiger partial charge < -0.3 is 15.7 Å². The van der Waals surface area contributed by atoms with Gasteiger partial charge in [-0.25, -0.2) is 5.43 Å². The first-order chi connectivity index (χ1) is 17.6. The maximum Gasteiger partial charge on any atom is 0.283 e. The number of nitro benzene ring substituents is 1. The van der Waals surface area contributed by atoms with Crippen LogP contribution in [0.3, 0.4) is 0 Å². The highest BCUT2D eigenvalue weighted by Crippen LogP contribution is 2.29. The first-order valence-corrected chi connectivity index (χ1v) is 11.8. The largest absolute Gasteiger partial charge is 0.396 e. The van der Waals surface area contributed by atoms with Crippen molar-refractivity contribution in [2.24, 2.45) is 5.10 Å². The lowest BCUT2D eigenvalue weighted by Crippen LogP contribution is -2.07. The first-order valence-electron chi connectivity index (χ1n) is 10.8. The van der Waals surface area contributed by atoms with Gasteiger partial charge in [-0.3, -0.25) is 10.1 Å². The molecule has 1 aromatic heterocycles. The molecule has 0 amide bonds. The van der Waals surface area contributed by atoms with E-state index in [0.717, 1.165) is 11.4 Å². The van der Waals surface area contributed by atoms with Crippen LogP contribution < -0.4 is 16.1 Å². The quantitative estimate of drug-likeness (QED) is 0.0974. The minimum atomic E-state index is -0.459. The lowest BCUT2D eigenvalue weighted by Gasteiger charge is -2.10. The average molecular weight is 503 g/mol. The zero-order chi connectivity index (χ0) is 25.2. The summed E-state index contributed by atoms with van der Waals surface area (Å²) in [5.74, 6) is 1.14. The molecule has 182 valence electrons. The van der Waals surface area contributed by atoms with E-state index < -0.39 is 4.92 Å². The Balaban J connectivity index is 1.55. The van der Waals surface area contributed by atoms with Gasteiger partial charge in [0.15, 0.2) is 0 Å². The summed E-state index contributed by atoms with van der Waals surface area (Å²) in [5.41, 5.74) is 4.83. The molecule has 0 saturated carbocycles. The van der Waals surface area contributed by atoms with Crippen molar-refractivity contribution < 1.29 is 10.0 Å². The zero-order valence-corrected chi connectivity index (χ0v) is 19.7. The van der Waals surface area contributed by atoms with E-state index in [9.17, 15) is 10.1 Å². The third-order valence-electron chi connectivity index (χ3n) is 4.60. The number of aliphatic hydroxyl groups is 1. The van der Waals surface area contributed by atoms with E-state index in [1.165, 1.54) is 24.0 Å². The Morgan fingerprint density at radius 3 is 2.03 bits per heavy atom. The summed E-state index contributed by atoms with van der Waals surface area (Å²) in [4.78, 5) is 24.6. The Morgan fingerprint density at radius 2 is 1.47 bits per heavy atom. The highest BCUT2D eigenvalue weighted by Gasteiger charge is 2.14. The number of para-hydroxylation sites is 2. The predicted octanol–water partition coefficient (Wildman–Crippen LogP) is 4.80. The van der Waals surface area contributed by atoms with Crippen molar-refractivity contribution in [1.29, 1.82) is 0 Å². The normalized spacial score (nSPS) is 10.8. The summed E-state index contributed by atoms with van der Waals surface area (Å²) in [6.45, 7) is -0.0664. The molecule has 4 N–H and O–H groups in total. The molecule has 0 saturated heterocycles. The van der Waals surface area contributed by atoms with E-state index in [0.29, 0.717) is 28.1 Å². The van der Waals surface area contributed by atoms with Gasteiger partial charge in [-0.2, -0.15) is 20.1 Å². The van der Waals surface area contributed by atoms with Crippen molar-refractivity contribution in [3.8, 4) is 0 Å². The number of anilines is 5. The average Bonchev–Trinajstić information content (AvgIpc) is 2.89. The summed E-state index contributed by atoms with van der Waals surface area (Å²) in [6, 6.07) is 23.7. The molecule has 0 aliphatic rings. The van der Waals surface area contributed by atoms with E-state index in [1.54, 1.807) is 12.1 Å². The number of hydrazone groups is 1. The molecule has 4 rings (SSSR count). The van der Waals surface area contributed by atoms with Crippen LogP contribution in [0.25, 0.3) is 0 Å². The maximum atomic E-state index is 11.4. The van der Waals surface area contributed by atoms with Crippen LogP contribution in [0.5, 0.6) is 0 Å². The van der Waals surface area contributed by atoms with Gasteiger partial charge >= 0.3 is 0 Å². The summed E-state index contributed by atoms with van der Waals surface area (Å²) in [5, 5.41) is 30.8. The molecule has 12 heteroatoms. The molecule has 0 radical (unpaired) electrons. The first kappa shape index (κ1) is 24.6. The van der Waals surface area contributed by atoms with Gasteiger partial charge in [-0.05, 0) is 30.3 Å². The number of nitrogens with one attached hydrogen (secondary N) is 3. The van der Waals surface area contributed by atoms with Crippen molar-refractivity contribution in [3.05, 3.63) is 94.5 Å². The molecule has 0 unspecified atom stereocenters. The van der Waals surface area contributed by atoms with Crippen molar-refractivity contribution in [2.45, 2.75) is 4.90 Å². The number of hydrogen-bond acceptors (Lipinski definition) is 11. The SMILES string of the molecule is O=[N+]([O-])c1cc(C=NNc2nc(Nc3ccccc3)nc(Nc3ccccc3)n2)ccc1SCCO. The van der Waals surface area contributed by atoms with Crippen LogP contribution in [0.15, 0.2) is 88.9 Å². The third-order valence-corrected chi connectivity index (χ3v) is 5.64. The second-order valence-corrected chi connectivity index (χ2v) is 8.35. The lowest BCUT2D eigenvalue weighted by molar-refractivity contribution is -0.387. The van der Waals surface area contributed by atoms with Crippen LogP contribution >= 0.6 is 11.8 Å². The van der Waals surface area contributed by atoms with E-state index in [-0.39, 0.29) is 18.2 Å². The summed E-state index contributed by atoms with van der Waals surface area (Å²) >= 11 is 1.22. The molecule has 1 heterocycles. The number of aromatic nitrogens is 3. The number of benzene rings is 3. The Labute approximate surface area is 210 Å². The van der Waals surface area contributed by atoms with Crippen molar-refractivity contribution in [1.82, 2.24) is 15.0 Å². The van der Waals surface area contributed by atoms with Gasteiger partial charge in [0.05, 0.1) is 22.6 Å². The Kier molecular flexibility index (Phi) is 8.35. The Bertz CT molecular complexity index is 1280. The second-order valence-electron chi connectivity index (χ2n) is 7.21. The molecular formula is C24H22N8O3S. The topological polar surface area (TPSA) is 150 Å². The molecule has 11 nitrogen and oxygen atoms in total. The van der Waals surface area contributed by atoms with Crippen LogP contribution in [0.2, 0.25) is 0 Å². The minimum Gasteiger partial charge on any atom is -0.396 e. The third kappa shape index (κ3) is 6.98. The van der Waals surface area contributed by atoms with Gasteiger partial charge in [0.25, 0.3) is 5.69 Å². The van der Waals surface area contributed by atoms with Gasteiger partial charge in [-0.1, -0.05) is 42.5 Å². The van der Waals surface area contributed by atoms with Crippen molar-refractivity contribution >= 4 is 52.9 Å². The molecule has 0 spiro atoms. The van der Waals surface area contributed by atoms with Gasteiger partial charge in [-0.15, -0.1) is 11.8 Å². The van der Waals surface area contributed by atoms with Crippen molar-refractivity contribution in [3.63, 3.8) is 0 Å². The highest BCUT2D eigenvalue weighted by molar-refractivity contribution is 7.99. The predicted molar refractivity (Wildman–Crippen MR) is 141 cm³/mol. The van der Waals surface area contributed by atoms with E-state index in [1.807, 2.05) is 60.7 Å². The molecule has 0 bridgehead atoms. The minimum absolute atomic E-state index is 0.0544. The maximum absolute atomic E-state index is 11.4. The summed E-state index contributed by atoms with van der Waals surface area (Å²) < 4.78 is 0. The smallest absolute Gasteiger partial charge is 0.283 e. The van der Waals surface area contributed by atoms with Crippen molar-refractivity contribution in [2.75, 3.05) is 28.4 Å². The van der Waals surface area contributed by atoms with Crippen LogP contribution in [0.4, 0.5) is 34.9 Å². The fourth-order valence-electron chi connectivity index (χ4n) is 3.04. The van der Waals surface area contributed by atoms with Gasteiger partial charge in [0.2, 0.25) is 17.8 Å². The zero-order valence-electron chi connectivity index (χ0n) is 18.9. The highest BCUT2D eigenvalue weighted by atomic mass is 32.2. The van der Waals surface area contributed by atoms with Gasteiger partial charge in [0.1, 0.15) is 0 Å². The van der Waals surface area contributed by atoms with E-state index >= 15 is 0 Å². The van der Waals surface area contributed by atoms with E-state index in [4.69, 9.17) is 5.11 Å². The molecule has 36 heavy (non-hydrogen) atoms. The summed E-state index contributed by atoms with van der Waals surface area (Å²) in [6.07, 6.45) is 1.44. The molecular weight excluding hydrogens is 480 g/mol. The number of rotatable bonds is 11. The number of nitro groups is 1. The Hall–Kier alpha value is -4.55. The Morgan fingerprint density at radius 1 is 0.889 bits per heavy atom. The number of aliphatic hydroxyl groups excluding tert-OH is 1. The standard InChI is InChI=1S/C24H22N8O3S/c33-13-14-36-21-12-11-17(15-20(21)32(34)35)16-25-31-24-29-22(26-18-7-3-1-4-8-18)28-23(30-24)27-19-9-5-2-6-10-19/h1-12,15-16,33H,13-14H2,(H3,26,27,28,29,30,31). The molecule has 0 atom stereocenters. The van der Waals surface area contributed by atoms with Crippen LogP contribution in [-0.4, -0.2) is 43.6 Å². The van der Waals surface area contributed by atoms with Crippen LogP contribution in [-0.2, 0) is 0 Å². The van der Waals surface area contributed by atoms with Crippen LogP contribution in [0.1, 0.15) is 5.56 Å². The number of thioether (sulfide) groups is 1.